The normalized spacial score (nSPS) is 19.4. The van der Waals surface area contributed by atoms with Crippen LogP contribution in [0.25, 0.3) is 6.08 Å². The third-order valence-corrected chi connectivity index (χ3v) is 5.46. The third kappa shape index (κ3) is 4.90. The number of benzene rings is 1. The van der Waals surface area contributed by atoms with E-state index in [-0.39, 0.29) is 17.1 Å². The molecule has 144 valence electrons. The van der Waals surface area contributed by atoms with Crippen LogP contribution in [0.2, 0.25) is 0 Å². The summed E-state index contributed by atoms with van der Waals surface area (Å²) in [6, 6.07) is 7.82. The van der Waals surface area contributed by atoms with Gasteiger partial charge in [-0.25, -0.2) is 0 Å². The zero-order chi connectivity index (χ0) is 19.2. The second-order valence-corrected chi connectivity index (χ2v) is 7.54. The van der Waals surface area contributed by atoms with Gasteiger partial charge in [0.15, 0.2) is 0 Å². The summed E-state index contributed by atoms with van der Waals surface area (Å²) in [6.45, 7) is 3.51. The van der Waals surface area contributed by atoms with E-state index >= 15 is 0 Å². The maximum absolute atomic E-state index is 12.3. The van der Waals surface area contributed by atoms with Crippen molar-refractivity contribution in [3.8, 4) is 0 Å². The first-order valence-corrected chi connectivity index (χ1v) is 9.97. The molecule has 1 aromatic carbocycles. The van der Waals surface area contributed by atoms with Gasteiger partial charge >= 0.3 is 0 Å². The topological polar surface area (TPSA) is 95.7 Å². The van der Waals surface area contributed by atoms with E-state index in [9.17, 15) is 14.4 Å². The maximum atomic E-state index is 12.3. The van der Waals surface area contributed by atoms with E-state index in [0.717, 1.165) is 49.1 Å². The van der Waals surface area contributed by atoms with E-state index in [1.807, 2.05) is 29.2 Å². The minimum atomic E-state index is -0.354. The highest BCUT2D eigenvalue weighted by Crippen LogP contribution is 2.30. The van der Waals surface area contributed by atoms with Gasteiger partial charge in [-0.2, -0.15) is 0 Å². The summed E-state index contributed by atoms with van der Waals surface area (Å²) < 4.78 is 0. The molecule has 0 saturated carbocycles. The fourth-order valence-electron chi connectivity index (χ4n) is 3.28. The van der Waals surface area contributed by atoms with Crippen LogP contribution < -0.4 is 16.0 Å². The molecule has 2 saturated heterocycles. The summed E-state index contributed by atoms with van der Waals surface area (Å²) in [5.41, 5.74) is 7.41. The Morgan fingerprint density at radius 3 is 2.74 bits per heavy atom. The summed E-state index contributed by atoms with van der Waals surface area (Å²) in [7, 11) is 0. The molecule has 2 aliphatic heterocycles. The van der Waals surface area contributed by atoms with Gasteiger partial charge in [0.1, 0.15) is 0 Å². The lowest BCUT2D eigenvalue weighted by atomic mass is 10.1. The summed E-state index contributed by atoms with van der Waals surface area (Å²) in [4.78, 5) is 40.1. The molecule has 2 aliphatic rings. The number of para-hydroxylation sites is 1. The largest absolute Gasteiger partial charge is 0.369 e. The van der Waals surface area contributed by atoms with Crippen LogP contribution in [-0.4, -0.2) is 54.7 Å². The average molecular weight is 388 g/mol. The number of nitrogens with zero attached hydrogens (tertiary/aromatic N) is 2. The van der Waals surface area contributed by atoms with Gasteiger partial charge in [-0.3, -0.25) is 19.7 Å². The van der Waals surface area contributed by atoms with Crippen LogP contribution >= 0.6 is 11.8 Å². The van der Waals surface area contributed by atoms with Crippen LogP contribution in [-0.2, 0) is 9.59 Å². The zero-order valence-electron chi connectivity index (χ0n) is 15.1. The molecule has 2 fully saturated rings. The Morgan fingerprint density at radius 2 is 2.00 bits per heavy atom. The summed E-state index contributed by atoms with van der Waals surface area (Å²) in [5, 5.41) is 1.94. The minimum absolute atomic E-state index is 0.162. The van der Waals surface area contributed by atoms with E-state index < -0.39 is 0 Å². The Labute approximate surface area is 162 Å². The number of anilines is 1. The highest BCUT2D eigenvalue weighted by molar-refractivity contribution is 8.18. The van der Waals surface area contributed by atoms with Crippen molar-refractivity contribution in [1.82, 2.24) is 10.2 Å². The highest BCUT2D eigenvalue weighted by atomic mass is 32.2. The number of nitrogens with two attached hydrogens (primary N) is 1. The van der Waals surface area contributed by atoms with Gasteiger partial charge in [0.25, 0.3) is 11.1 Å². The Hall–Kier alpha value is -2.32. The molecule has 0 aromatic heterocycles. The molecule has 27 heavy (non-hydrogen) atoms. The van der Waals surface area contributed by atoms with E-state index in [1.54, 1.807) is 6.08 Å². The van der Waals surface area contributed by atoms with Crippen LogP contribution in [0.4, 0.5) is 10.5 Å². The molecule has 0 spiro atoms. The van der Waals surface area contributed by atoms with Crippen LogP contribution in [0.15, 0.2) is 29.2 Å². The monoisotopic (exact) mass is 388 g/mol. The van der Waals surface area contributed by atoms with Crippen molar-refractivity contribution in [2.24, 2.45) is 5.73 Å². The lowest BCUT2D eigenvalue weighted by molar-refractivity contribution is -0.131. The minimum Gasteiger partial charge on any atom is -0.369 e. The molecule has 0 atom stereocenters. The molecule has 0 radical (unpaired) electrons. The van der Waals surface area contributed by atoms with Crippen LogP contribution in [0, 0.1) is 0 Å². The molecule has 3 rings (SSSR count). The smallest absolute Gasteiger partial charge is 0.290 e. The van der Waals surface area contributed by atoms with E-state index in [1.165, 1.54) is 0 Å². The number of carbonyl (C=O) groups is 3. The molecular formula is C19H24N4O3S. The van der Waals surface area contributed by atoms with Crippen LogP contribution in [0.5, 0.6) is 0 Å². The summed E-state index contributed by atoms with van der Waals surface area (Å²) in [5.74, 6) is -0.192. The van der Waals surface area contributed by atoms with E-state index in [4.69, 9.17) is 5.73 Å². The van der Waals surface area contributed by atoms with Crippen LogP contribution in [0.1, 0.15) is 24.8 Å². The lowest BCUT2D eigenvalue weighted by Gasteiger charge is -2.25. The number of imide groups is 1. The number of thioether (sulfide) groups is 1. The van der Waals surface area contributed by atoms with Gasteiger partial charge in [-0.15, -0.1) is 0 Å². The third-order valence-electron chi connectivity index (χ3n) is 4.65. The van der Waals surface area contributed by atoms with Gasteiger partial charge in [-0.1, -0.05) is 18.2 Å². The Morgan fingerprint density at radius 1 is 1.19 bits per heavy atom. The van der Waals surface area contributed by atoms with Crippen molar-refractivity contribution in [2.45, 2.75) is 19.3 Å². The summed E-state index contributed by atoms with van der Waals surface area (Å²) in [6.07, 6.45) is 3.86. The SMILES string of the molecule is NCCCC(=O)N1CCCN(c2ccccc2C=C2SC(=O)NC2=O)CC1. The summed E-state index contributed by atoms with van der Waals surface area (Å²) >= 11 is 0.920. The molecule has 1 aromatic rings. The van der Waals surface area contributed by atoms with E-state index in [0.29, 0.717) is 30.8 Å². The molecule has 7 nitrogen and oxygen atoms in total. The van der Waals surface area contributed by atoms with Crippen molar-refractivity contribution in [1.29, 1.82) is 0 Å². The fourth-order valence-corrected chi connectivity index (χ4v) is 3.95. The Bertz CT molecular complexity index is 765. The number of rotatable bonds is 5. The predicted molar refractivity (Wildman–Crippen MR) is 107 cm³/mol. The number of amides is 3. The van der Waals surface area contributed by atoms with Gasteiger partial charge in [0, 0.05) is 38.3 Å². The predicted octanol–water partition coefficient (Wildman–Crippen LogP) is 1.79. The van der Waals surface area contributed by atoms with Crippen molar-refractivity contribution >= 4 is 40.6 Å². The second kappa shape index (κ2) is 9.05. The quantitative estimate of drug-likeness (QED) is 0.747. The lowest BCUT2D eigenvalue weighted by Crippen LogP contribution is -2.35. The average Bonchev–Trinajstić information content (AvgIpc) is 2.86. The molecule has 0 unspecified atom stereocenters. The standard InChI is InChI=1S/C19H24N4O3S/c20-8-3-7-17(24)23-10-4-9-22(11-12-23)15-6-2-1-5-14(15)13-16-18(25)21-19(26)27-16/h1-2,5-6,13H,3-4,7-12,20H2,(H,21,25,26). The zero-order valence-corrected chi connectivity index (χ0v) is 16.0. The maximum Gasteiger partial charge on any atom is 0.290 e. The van der Waals surface area contributed by atoms with Gasteiger partial charge in [0.05, 0.1) is 4.91 Å². The number of hydrogen-bond acceptors (Lipinski definition) is 6. The first kappa shape index (κ1) is 19.4. The molecule has 3 N–H and O–H groups in total. The molecule has 0 bridgehead atoms. The van der Waals surface area contributed by atoms with Gasteiger partial charge in [-0.05, 0) is 48.9 Å². The van der Waals surface area contributed by atoms with Gasteiger partial charge in [0.2, 0.25) is 5.91 Å². The fraction of sp³-hybridized carbons (Fsp3) is 0.421. The number of hydrogen-bond donors (Lipinski definition) is 2. The van der Waals surface area contributed by atoms with Crippen molar-refractivity contribution in [3.05, 3.63) is 34.7 Å². The highest BCUT2D eigenvalue weighted by Gasteiger charge is 2.26. The Balaban J connectivity index is 1.74. The Kier molecular flexibility index (Phi) is 6.52. The first-order valence-electron chi connectivity index (χ1n) is 9.15. The van der Waals surface area contributed by atoms with Crippen molar-refractivity contribution in [3.63, 3.8) is 0 Å². The van der Waals surface area contributed by atoms with E-state index in [2.05, 4.69) is 10.2 Å². The van der Waals surface area contributed by atoms with Crippen LogP contribution in [0.3, 0.4) is 0 Å². The number of nitrogens with one attached hydrogen (secondary N) is 1. The number of carbonyl (C=O) groups excluding carboxylic acids is 3. The van der Waals surface area contributed by atoms with Crippen molar-refractivity contribution in [2.75, 3.05) is 37.6 Å². The second-order valence-electron chi connectivity index (χ2n) is 6.52. The molecule has 3 amide bonds. The molecule has 8 heteroatoms. The van der Waals surface area contributed by atoms with Crippen molar-refractivity contribution < 1.29 is 14.4 Å². The first-order chi connectivity index (χ1) is 13.1. The molecule has 2 heterocycles. The molecular weight excluding hydrogens is 364 g/mol. The molecule has 0 aliphatic carbocycles. The van der Waals surface area contributed by atoms with Gasteiger partial charge < -0.3 is 15.5 Å².